The molecule has 0 saturated carbocycles. The number of imidazole rings is 1. The summed E-state index contributed by atoms with van der Waals surface area (Å²) in [6.45, 7) is 5.66. The number of hydrogen-bond donors (Lipinski definition) is 1. The Hall–Kier alpha value is -2.90. The summed E-state index contributed by atoms with van der Waals surface area (Å²) in [5.74, 6) is -0.239. The van der Waals surface area contributed by atoms with Gasteiger partial charge in [0.2, 0.25) is 5.91 Å². The van der Waals surface area contributed by atoms with Gasteiger partial charge < -0.3 is 10.3 Å². The second-order valence-electron chi connectivity index (χ2n) is 6.71. The van der Waals surface area contributed by atoms with Gasteiger partial charge >= 0.3 is 0 Å². The molecule has 0 bridgehead atoms. The summed E-state index contributed by atoms with van der Waals surface area (Å²) >= 11 is 12.0. The molecule has 30 heavy (non-hydrogen) atoms. The second kappa shape index (κ2) is 8.85. The number of amides is 2. The predicted molar refractivity (Wildman–Crippen MR) is 118 cm³/mol. The van der Waals surface area contributed by atoms with Crippen molar-refractivity contribution in [2.45, 2.75) is 27.3 Å². The Morgan fingerprint density at radius 3 is 2.30 bits per heavy atom. The van der Waals surface area contributed by atoms with Crippen LogP contribution in [0.2, 0.25) is 10.2 Å². The average Bonchev–Trinajstić information content (AvgIpc) is 3.02. The van der Waals surface area contributed by atoms with Gasteiger partial charge in [0.1, 0.15) is 11.0 Å². The number of carbonyl (C=O) groups excluding carboxylic acids is 2. The van der Waals surface area contributed by atoms with Crippen molar-refractivity contribution in [1.29, 1.82) is 0 Å². The SMILES string of the molecule is CCN(C(C)=O)c1nc(-c2ccc(Cl)nc2C)n(Cc2ccc(Cl)cc2)c1C(N)=O. The summed E-state index contributed by atoms with van der Waals surface area (Å²) in [6, 6.07) is 10.7. The Labute approximate surface area is 184 Å². The van der Waals surface area contributed by atoms with Gasteiger partial charge in [-0.05, 0) is 43.7 Å². The molecule has 2 heterocycles. The molecule has 0 aliphatic carbocycles. The van der Waals surface area contributed by atoms with Gasteiger partial charge in [-0.3, -0.25) is 14.5 Å². The molecule has 1 aromatic carbocycles. The van der Waals surface area contributed by atoms with Gasteiger partial charge in [-0.1, -0.05) is 35.3 Å². The lowest BCUT2D eigenvalue weighted by Crippen LogP contribution is -2.31. The quantitative estimate of drug-likeness (QED) is 0.578. The topological polar surface area (TPSA) is 94.1 Å². The van der Waals surface area contributed by atoms with Crippen molar-refractivity contribution in [3.05, 3.63) is 63.5 Å². The van der Waals surface area contributed by atoms with Crippen molar-refractivity contribution < 1.29 is 9.59 Å². The minimum absolute atomic E-state index is 0.145. The highest BCUT2D eigenvalue weighted by atomic mass is 35.5. The minimum Gasteiger partial charge on any atom is -0.364 e. The van der Waals surface area contributed by atoms with E-state index in [0.717, 1.165) is 5.56 Å². The number of pyridine rings is 1. The van der Waals surface area contributed by atoms with Crippen molar-refractivity contribution in [2.75, 3.05) is 11.4 Å². The molecular weight excluding hydrogens is 425 g/mol. The first-order valence-electron chi connectivity index (χ1n) is 9.29. The monoisotopic (exact) mass is 445 g/mol. The van der Waals surface area contributed by atoms with E-state index in [0.29, 0.717) is 40.3 Å². The fraction of sp³-hybridized carbons (Fsp3) is 0.238. The third-order valence-electron chi connectivity index (χ3n) is 4.68. The summed E-state index contributed by atoms with van der Waals surface area (Å²) in [5.41, 5.74) is 8.09. The number of benzene rings is 1. The number of carbonyl (C=O) groups is 2. The molecule has 0 atom stereocenters. The number of anilines is 1. The van der Waals surface area contributed by atoms with Gasteiger partial charge in [-0.15, -0.1) is 0 Å². The first-order valence-corrected chi connectivity index (χ1v) is 10.0. The van der Waals surface area contributed by atoms with E-state index >= 15 is 0 Å². The molecule has 0 saturated heterocycles. The van der Waals surface area contributed by atoms with Crippen molar-refractivity contribution in [1.82, 2.24) is 14.5 Å². The Morgan fingerprint density at radius 2 is 1.77 bits per heavy atom. The molecule has 156 valence electrons. The van der Waals surface area contributed by atoms with Crippen LogP contribution in [0.1, 0.15) is 35.6 Å². The number of nitrogens with two attached hydrogens (primary N) is 1. The van der Waals surface area contributed by atoms with Crippen LogP contribution in [0.25, 0.3) is 11.4 Å². The molecule has 0 fully saturated rings. The summed E-state index contributed by atoms with van der Waals surface area (Å²) in [6.07, 6.45) is 0. The second-order valence-corrected chi connectivity index (χ2v) is 7.54. The van der Waals surface area contributed by atoms with Crippen molar-refractivity contribution in [3.8, 4) is 11.4 Å². The fourth-order valence-corrected chi connectivity index (χ4v) is 3.61. The molecule has 0 aliphatic heterocycles. The van der Waals surface area contributed by atoms with Gasteiger partial charge in [-0.25, -0.2) is 9.97 Å². The Kier molecular flexibility index (Phi) is 6.43. The molecule has 3 rings (SSSR count). The Bertz CT molecular complexity index is 1110. The fourth-order valence-electron chi connectivity index (χ4n) is 3.29. The molecule has 2 N–H and O–H groups in total. The van der Waals surface area contributed by atoms with E-state index in [4.69, 9.17) is 28.9 Å². The third-order valence-corrected chi connectivity index (χ3v) is 5.14. The van der Waals surface area contributed by atoms with E-state index in [9.17, 15) is 9.59 Å². The highest BCUT2D eigenvalue weighted by Crippen LogP contribution is 2.31. The molecular formula is C21H21Cl2N5O2. The Morgan fingerprint density at radius 1 is 1.10 bits per heavy atom. The molecule has 0 unspecified atom stereocenters. The lowest BCUT2D eigenvalue weighted by atomic mass is 10.1. The number of nitrogens with zero attached hydrogens (tertiary/aromatic N) is 4. The van der Waals surface area contributed by atoms with E-state index in [1.807, 2.05) is 12.1 Å². The number of halogens is 2. The minimum atomic E-state index is -0.683. The summed E-state index contributed by atoms with van der Waals surface area (Å²) in [5, 5.41) is 0.952. The highest BCUT2D eigenvalue weighted by Gasteiger charge is 2.28. The van der Waals surface area contributed by atoms with Crippen LogP contribution < -0.4 is 10.6 Å². The molecule has 2 amide bonds. The van der Waals surface area contributed by atoms with Gasteiger partial charge in [0.05, 0.1) is 0 Å². The molecule has 7 nitrogen and oxygen atoms in total. The standard InChI is InChI=1S/C21H21Cl2N5O2/c1-4-27(13(3)29)21-18(19(24)30)28(11-14-5-7-15(22)8-6-14)20(26-21)16-9-10-17(23)25-12(16)2/h5-10H,4,11H2,1-3H3,(H2,24,30). The molecule has 9 heteroatoms. The van der Waals surface area contributed by atoms with E-state index in [1.54, 1.807) is 42.7 Å². The van der Waals surface area contributed by atoms with Crippen LogP contribution in [0.4, 0.5) is 5.82 Å². The van der Waals surface area contributed by atoms with Gasteiger partial charge in [0.15, 0.2) is 11.5 Å². The van der Waals surface area contributed by atoms with Gasteiger partial charge in [-0.2, -0.15) is 0 Å². The summed E-state index contributed by atoms with van der Waals surface area (Å²) in [4.78, 5) is 35.0. The van der Waals surface area contributed by atoms with Gasteiger partial charge in [0.25, 0.3) is 5.91 Å². The first-order chi connectivity index (χ1) is 14.2. The lowest BCUT2D eigenvalue weighted by molar-refractivity contribution is -0.116. The van der Waals surface area contributed by atoms with Crippen LogP contribution >= 0.6 is 23.2 Å². The van der Waals surface area contributed by atoms with Gasteiger partial charge in [0, 0.05) is 36.3 Å². The maximum Gasteiger partial charge on any atom is 0.269 e. The maximum atomic E-state index is 12.5. The maximum absolute atomic E-state index is 12.5. The van der Waals surface area contributed by atoms with Crippen molar-refractivity contribution in [3.63, 3.8) is 0 Å². The van der Waals surface area contributed by atoms with Crippen LogP contribution in [-0.2, 0) is 11.3 Å². The molecule has 2 aromatic heterocycles. The zero-order chi connectivity index (χ0) is 22.0. The van der Waals surface area contributed by atoms with Crippen LogP contribution in [0, 0.1) is 6.92 Å². The van der Waals surface area contributed by atoms with E-state index in [-0.39, 0.29) is 17.4 Å². The van der Waals surface area contributed by atoms with Crippen molar-refractivity contribution >= 4 is 40.8 Å². The average molecular weight is 446 g/mol. The van der Waals surface area contributed by atoms with Crippen LogP contribution in [-0.4, -0.2) is 32.9 Å². The predicted octanol–water partition coefficient (Wildman–Crippen LogP) is 4.08. The van der Waals surface area contributed by atoms with E-state index in [1.165, 1.54) is 11.8 Å². The third kappa shape index (κ3) is 4.32. The number of aryl methyl sites for hydroxylation is 1. The zero-order valence-corrected chi connectivity index (χ0v) is 18.3. The lowest BCUT2D eigenvalue weighted by Gasteiger charge is -2.17. The normalized spacial score (nSPS) is 10.8. The number of primary amides is 1. The van der Waals surface area contributed by atoms with E-state index in [2.05, 4.69) is 9.97 Å². The molecule has 0 radical (unpaired) electrons. The van der Waals surface area contributed by atoms with Crippen molar-refractivity contribution in [2.24, 2.45) is 5.73 Å². The zero-order valence-electron chi connectivity index (χ0n) is 16.8. The summed E-state index contributed by atoms with van der Waals surface area (Å²) in [7, 11) is 0. The first kappa shape index (κ1) is 21.8. The highest BCUT2D eigenvalue weighted by molar-refractivity contribution is 6.30. The van der Waals surface area contributed by atoms with Crippen LogP contribution in [0.5, 0.6) is 0 Å². The van der Waals surface area contributed by atoms with Crippen LogP contribution in [0.15, 0.2) is 36.4 Å². The van der Waals surface area contributed by atoms with E-state index < -0.39 is 5.91 Å². The number of aromatic nitrogens is 3. The summed E-state index contributed by atoms with van der Waals surface area (Å²) < 4.78 is 1.70. The number of hydrogen-bond acceptors (Lipinski definition) is 4. The smallest absolute Gasteiger partial charge is 0.269 e. The van der Waals surface area contributed by atoms with Crippen LogP contribution in [0.3, 0.4) is 0 Å². The largest absolute Gasteiger partial charge is 0.364 e. The number of rotatable bonds is 6. The Balaban J connectivity index is 2.29. The molecule has 0 spiro atoms. The molecule has 3 aromatic rings. The molecule has 0 aliphatic rings.